The molecule has 2 saturated heterocycles. The average molecular weight is 391 g/mol. The van der Waals surface area contributed by atoms with Gasteiger partial charge in [-0.25, -0.2) is 0 Å². The molecule has 1 atom stereocenters. The van der Waals surface area contributed by atoms with E-state index < -0.39 is 0 Å². The Morgan fingerprint density at radius 2 is 2.04 bits per heavy atom. The maximum Gasteiger partial charge on any atom is 0.238 e. The summed E-state index contributed by atoms with van der Waals surface area (Å²) in [5, 5.41) is 7.18. The normalized spacial score (nSPS) is 20.5. The van der Waals surface area contributed by atoms with Crippen LogP contribution in [0.2, 0.25) is 0 Å². The van der Waals surface area contributed by atoms with Gasteiger partial charge in [0.1, 0.15) is 0 Å². The number of thiocarbonyl (C=S) groups is 1. The molecule has 2 fully saturated rings. The van der Waals surface area contributed by atoms with Crippen LogP contribution in [0.1, 0.15) is 25.3 Å². The van der Waals surface area contributed by atoms with Gasteiger partial charge in [0, 0.05) is 45.0 Å². The molecule has 27 heavy (non-hydrogen) atoms. The highest BCUT2D eigenvalue weighted by Crippen LogP contribution is 2.15. The van der Waals surface area contributed by atoms with E-state index in [0.717, 1.165) is 69.4 Å². The van der Waals surface area contributed by atoms with Gasteiger partial charge in [-0.15, -0.1) is 0 Å². The molecule has 0 spiro atoms. The third kappa shape index (κ3) is 5.89. The van der Waals surface area contributed by atoms with E-state index in [1.807, 2.05) is 18.2 Å². The van der Waals surface area contributed by atoms with Crippen LogP contribution in [-0.2, 0) is 16.0 Å². The predicted molar refractivity (Wildman–Crippen MR) is 112 cm³/mol. The molecule has 1 aromatic carbocycles. The SMILES string of the molecule is CCc1ccccc1NC(=O)CN1CCN(C(=S)NC[C@@H]2CCCO2)CC1. The summed E-state index contributed by atoms with van der Waals surface area (Å²) in [6.07, 6.45) is 3.45. The first-order valence-corrected chi connectivity index (χ1v) is 10.3. The molecule has 1 aromatic rings. The van der Waals surface area contributed by atoms with Gasteiger partial charge in [0.15, 0.2) is 5.11 Å². The highest BCUT2D eigenvalue weighted by atomic mass is 32.1. The lowest BCUT2D eigenvalue weighted by Crippen LogP contribution is -2.53. The minimum atomic E-state index is 0.0448. The maximum atomic E-state index is 12.4. The third-order valence-electron chi connectivity index (χ3n) is 5.20. The van der Waals surface area contributed by atoms with Gasteiger partial charge in [-0.05, 0) is 43.1 Å². The van der Waals surface area contributed by atoms with Gasteiger partial charge in [-0.2, -0.15) is 0 Å². The summed E-state index contributed by atoms with van der Waals surface area (Å²) in [6, 6.07) is 7.98. The van der Waals surface area contributed by atoms with Crippen LogP contribution < -0.4 is 10.6 Å². The summed E-state index contributed by atoms with van der Waals surface area (Å²) < 4.78 is 5.62. The number of anilines is 1. The molecule has 0 radical (unpaired) electrons. The molecule has 0 unspecified atom stereocenters. The van der Waals surface area contributed by atoms with Crippen LogP contribution in [0.25, 0.3) is 0 Å². The number of piperazine rings is 1. The largest absolute Gasteiger partial charge is 0.376 e. The minimum Gasteiger partial charge on any atom is -0.376 e. The van der Waals surface area contributed by atoms with Crippen molar-refractivity contribution >= 4 is 28.9 Å². The molecule has 148 valence electrons. The number of benzene rings is 1. The van der Waals surface area contributed by atoms with E-state index in [0.29, 0.717) is 12.6 Å². The summed E-state index contributed by atoms with van der Waals surface area (Å²) in [5.41, 5.74) is 2.08. The Bertz CT molecular complexity index is 641. The molecule has 0 bridgehead atoms. The predicted octanol–water partition coefficient (Wildman–Crippen LogP) is 1.86. The molecular weight excluding hydrogens is 360 g/mol. The summed E-state index contributed by atoms with van der Waals surface area (Å²) in [5.74, 6) is 0.0448. The van der Waals surface area contributed by atoms with Crippen LogP contribution in [0.15, 0.2) is 24.3 Å². The molecule has 6 nitrogen and oxygen atoms in total. The lowest BCUT2D eigenvalue weighted by molar-refractivity contribution is -0.117. The quantitative estimate of drug-likeness (QED) is 0.723. The number of para-hydroxylation sites is 1. The van der Waals surface area contributed by atoms with Gasteiger partial charge in [-0.1, -0.05) is 25.1 Å². The topological polar surface area (TPSA) is 56.8 Å². The summed E-state index contributed by atoms with van der Waals surface area (Å²) in [7, 11) is 0. The number of rotatable bonds is 6. The number of carbonyl (C=O) groups is 1. The molecule has 7 heteroatoms. The van der Waals surface area contributed by atoms with Gasteiger partial charge in [0.2, 0.25) is 5.91 Å². The van der Waals surface area contributed by atoms with Crippen molar-refractivity contribution in [3.05, 3.63) is 29.8 Å². The lowest BCUT2D eigenvalue weighted by atomic mass is 10.1. The monoisotopic (exact) mass is 390 g/mol. The molecular formula is C20H30N4O2S. The molecule has 3 rings (SSSR count). The molecule has 0 saturated carbocycles. The van der Waals surface area contributed by atoms with E-state index in [9.17, 15) is 4.79 Å². The second kappa shape index (κ2) is 10.0. The zero-order valence-corrected chi connectivity index (χ0v) is 16.9. The number of ether oxygens (including phenoxy) is 1. The van der Waals surface area contributed by atoms with Crippen molar-refractivity contribution in [1.82, 2.24) is 15.1 Å². The third-order valence-corrected chi connectivity index (χ3v) is 5.61. The number of aryl methyl sites for hydroxylation is 1. The number of amides is 1. The smallest absolute Gasteiger partial charge is 0.238 e. The van der Waals surface area contributed by atoms with Crippen LogP contribution >= 0.6 is 12.2 Å². The van der Waals surface area contributed by atoms with Crippen LogP contribution in [0.3, 0.4) is 0 Å². The molecule has 2 N–H and O–H groups in total. The molecule has 2 aliphatic rings. The number of hydrogen-bond acceptors (Lipinski definition) is 4. The lowest BCUT2D eigenvalue weighted by Gasteiger charge is -2.36. The summed E-state index contributed by atoms with van der Waals surface area (Å²) in [6.45, 7) is 7.53. The van der Waals surface area contributed by atoms with Crippen LogP contribution in [0.5, 0.6) is 0 Å². The Morgan fingerprint density at radius 3 is 2.74 bits per heavy atom. The second-order valence-corrected chi connectivity index (χ2v) is 7.53. The van der Waals surface area contributed by atoms with Crippen molar-refractivity contribution in [1.29, 1.82) is 0 Å². The van der Waals surface area contributed by atoms with E-state index in [4.69, 9.17) is 17.0 Å². The average Bonchev–Trinajstić information content (AvgIpc) is 3.20. The van der Waals surface area contributed by atoms with Crippen molar-refractivity contribution in [3.8, 4) is 0 Å². The summed E-state index contributed by atoms with van der Waals surface area (Å²) in [4.78, 5) is 16.8. The van der Waals surface area contributed by atoms with E-state index in [2.05, 4.69) is 33.4 Å². The van der Waals surface area contributed by atoms with Gasteiger partial charge in [0.05, 0.1) is 12.6 Å². The maximum absolute atomic E-state index is 12.4. The van der Waals surface area contributed by atoms with Gasteiger partial charge < -0.3 is 20.3 Å². The van der Waals surface area contributed by atoms with Crippen LogP contribution in [-0.4, -0.2) is 72.8 Å². The van der Waals surface area contributed by atoms with Crippen molar-refractivity contribution in [2.24, 2.45) is 0 Å². The van der Waals surface area contributed by atoms with Crippen molar-refractivity contribution in [3.63, 3.8) is 0 Å². The number of hydrogen-bond donors (Lipinski definition) is 2. The highest BCUT2D eigenvalue weighted by Gasteiger charge is 2.22. The zero-order valence-electron chi connectivity index (χ0n) is 16.1. The molecule has 2 heterocycles. The van der Waals surface area contributed by atoms with Crippen molar-refractivity contribution in [2.45, 2.75) is 32.3 Å². The minimum absolute atomic E-state index is 0.0448. The van der Waals surface area contributed by atoms with E-state index in [1.165, 1.54) is 5.56 Å². The van der Waals surface area contributed by atoms with Crippen LogP contribution in [0.4, 0.5) is 5.69 Å². The Labute approximate surface area is 167 Å². The Morgan fingerprint density at radius 1 is 1.26 bits per heavy atom. The van der Waals surface area contributed by atoms with Gasteiger partial charge in [0.25, 0.3) is 0 Å². The van der Waals surface area contributed by atoms with Gasteiger partial charge in [-0.3, -0.25) is 9.69 Å². The Hall–Kier alpha value is -1.70. The fourth-order valence-electron chi connectivity index (χ4n) is 3.57. The van der Waals surface area contributed by atoms with Crippen LogP contribution in [0, 0.1) is 0 Å². The fourth-order valence-corrected chi connectivity index (χ4v) is 3.84. The second-order valence-electron chi connectivity index (χ2n) is 7.14. The van der Waals surface area contributed by atoms with Crippen molar-refractivity contribution < 1.29 is 9.53 Å². The number of nitrogens with one attached hydrogen (secondary N) is 2. The number of carbonyl (C=O) groups excluding carboxylic acids is 1. The number of nitrogens with zero attached hydrogens (tertiary/aromatic N) is 2. The standard InChI is InChI=1S/C20H30N4O2S/c1-2-16-6-3-4-8-18(16)22-19(25)15-23-9-11-24(12-10-23)20(27)21-14-17-7-5-13-26-17/h3-4,6,8,17H,2,5,7,9-15H2,1H3,(H,21,27)(H,22,25)/t17-/m0/s1. The summed E-state index contributed by atoms with van der Waals surface area (Å²) >= 11 is 5.51. The first-order valence-electron chi connectivity index (χ1n) is 9.90. The van der Waals surface area contributed by atoms with E-state index >= 15 is 0 Å². The highest BCUT2D eigenvalue weighted by molar-refractivity contribution is 7.80. The molecule has 2 aliphatic heterocycles. The van der Waals surface area contributed by atoms with E-state index in [-0.39, 0.29) is 5.91 Å². The Balaban J connectivity index is 1.38. The first kappa shape index (κ1) is 20.0. The van der Waals surface area contributed by atoms with Gasteiger partial charge >= 0.3 is 0 Å². The molecule has 0 aromatic heterocycles. The zero-order chi connectivity index (χ0) is 19.1. The molecule has 1 amide bonds. The Kier molecular flexibility index (Phi) is 7.43. The first-order chi connectivity index (χ1) is 13.2. The van der Waals surface area contributed by atoms with Crippen molar-refractivity contribution in [2.75, 3.05) is 51.2 Å². The fraction of sp³-hybridized carbons (Fsp3) is 0.600. The van der Waals surface area contributed by atoms with E-state index in [1.54, 1.807) is 0 Å². The molecule has 0 aliphatic carbocycles.